The molecule has 0 radical (unpaired) electrons. The van der Waals surface area contributed by atoms with Crippen LogP contribution in [-0.4, -0.2) is 5.11 Å². The van der Waals surface area contributed by atoms with Crippen LogP contribution < -0.4 is 5.73 Å². The van der Waals surface area contributed by atoms with Gasteiger partial charge in [-0.05, 0) is 5.56 Å². The monoisotopic (exact) mass is 149 g/mol. The molecule has 11 heavy (non-hydrogen) atoms. The van der Waals surface area contributed by atoms with E-state index in [0.717, 1.165) is 5.56 Å². The minimum absolute atomic E-state index is 0.274. The molecule has 0 aliphatic heterocycles. The minimum atomic E-state index is -0.740. The fraction of sp³-hybridized carbons (Fsp3) is 0.111. The summed E-state index contributed by atoms with van der Waals surface area (Å²) in [4.78, 5) is 0. The van der Waals surface area contributed by atoms with Crippen molar-refractivity contribution >= 4 is 0 Å². The highest BCUT2D eigenvalue weighted by molar-refractivity contribution is 5.22. The van der Waals surface area contributed by atoms with Gasteiger partial charge in [-0.25, -0.2) is 0 Å². The first kappa shape index (κ1) is 7.82. The zero-order valence-corrected chi connectivity index (χ0v) is 6.20. The van der Waals surface area contributed by atoms with Crippen LogP contribution in [0.1, 0.15) is 11.7 Å². The molecule has 0 amide bonds. The summed E-state index contributed by atoms with van der Waals surface area (Å²) < 4.78 is 0. The van der Waals surface area contributed by atoms with Crippen LogP contribution in [0.15, 0.2) is 42.6 Å². The maximum Gasteiger partial charge on any atom is 0.118 e. The quantitative estimate of drug-likeness (QED) is 0.663. The van der Waals surface area contributed by atoms with Crippen molar-refractivity contribution in [1.82, 2.24) is 0 Å². The lowest BCUT2D eigenvalue weighted by Gasteiger charge is -2.08. The summed E-state index contributed by atoms with van der Waals surface area (Å²) in [5.41, 5.74) is 6.38. The topological polar surface area (TPSA) is 46.2 Å². The van der Waals surface area contributed by atoms with Gasteiger partial charge in [-0.2, -0.15) is 0 Å². The van der Waals surface area contributed by atoms with Crippen molar-refractivity contribution in [3.63, 3.8) is 0 Å². The van der Waals surface area contributed by atoms with E-state index in [9.17, 15) is 5.11 Å². The van der Waals surface area contributed by atoms with Gasteiger partial charge in [-0.15, -0.1) is 0 Å². The zero-order chi connectivity index (χ0) is 8.27. The molecule has 1 aromatic rings. The van der Waals surface area contributed by atoms with Gasteiger partial charge in [0.05, 0.1) is 0 Å². The molecule has 0 heterocycles. The molecule has 0 saturated heterocycles. The molecule has 0 spiro atoms. The largest absolute Gasteiger partial charge is 0.400 e. The number of aliphatic hydroxyl groups is 1. The van der Waals surface area contributed by atoms with Crippen LogP contribution in [-0.2, 0) is 0 Å². The second-order valence-corrected chi connectivity index (χ2v) is 2.39. The second-order valence-electron chi connectivity index (χ2n) is 2.39. The van der Waals surface area contributed by atoms with E-state index in [1.807, 2.05) is 30.3 Å². The van der Waals surface area contributed by atoms with Crippen molar-refractivity contribution < 1.29 is 5.11 Å². The number of hydrogen-bond acceptors (Lipinski definition) is 2. The van der Waals surface area contributed by atoms with E-state index >= 15 is 0 Å². The highest BCUT2D eigenvalue weighted by Crippen LogP contribution is 2.15. The lowest BCUT2D eigenvalue weighted by Crippen LogP contribution is -2.07. The fourth-order valence-corrected chi connectivity index (χ4v) is 0.849. The Kier molecular flexibility index (Phi) is 2.28. The van der Waals surface area contributed by atoms with Gasteiger partial charge < -0.3 is 10.8 Å². The van der Waals surface area contributed by atoms with E-state index in [0.29, 0.717) is 0 Å². The molecule has 1 aromatic carbocycles. The van der Waals surface area contributed by atoms with Crippen molar-refractivity contribution in [3.05, 3.63) is 48.2 Å². The van der Waals surface area contributed by atoms with Gasteiger partial charge in [-0.1, -0.05) is 36.9 Å². The summed E-state index contributed by atoms with van der Waals surface area (Å²) in [5, 5.41) is 9.37. The summed E-state index contributed by atoms with van der Waals surface area (Å²) >= 11 is 0. The van der Waals surface area contributed by atoms with Gasteiger partial charge in [0.2, 0.25) is 0 Å². The summed E-state index contributed by atoms with van der Waals surface area (Å²) in [7, 11) is 0. The number of nitrogens with two attached hydrogens (primary N) is 1. The molecular weight excluding hydrogens is 138 g/mol. The van der Waals surface area contributed by atoms with Crippen molar-refractivity contribution in [1.29, 1.82) is 0 Å². The average molecular weight is 149 g/mol. The SMILES string of the molecule is C=C(N)[C@@H](O)c1ccccc1. The molecule has 0 unspecified atom stereocenters. The van der Waals surface area contributed by atoms with Crippen LogP contribution in [0.5, 0.6) is 0 Å². The second kappa shape index (κ2) is 3.21. The normalized spacial score (nSPS) is 12.5. The summed E-state index contributed by atoms with van der Waals surface area (Å²) in [6.45, 7) is 3.46. The van der Waals surface area contributed by atoms with E-state index < -0.39 is 6.10 Å². The van der Waals surface area contributed by atoms with Gasteiger partial charge in [0.15, 0.2) is 0 Å². The van der Waals surface area contributed by atoms with Gasteiger partial charge in [0.1, 0.15) is 6.10 Å². The zero-order valence-electron chi connectivity index (χ0n) is 6.20. The lowest BCUT2D eigenvalue weighted by atomic mass is 10.1. The van der Waals surface area contributed by atoms with E-state index in [1.165, 1.54) is 0 Å². The predicted molar refractivity (Wildman–Crippen MR) is 44.7 cm³/mol. The van der Waals surface area contributed by atoms with Crippen LogP contribution in [0.25, 0.3) is 0 Å². The number of benzene rings is 1. The highest BCUT2D eigenvalue weighted by atomic mass is 16.3. The molecule has 1 atom stereocenters. The van der Waals surface area contributed by atoms with Gasteiger partial charge in [-0.3, -0.25) is 0 Å². The lowest BCUT2D eigenvalue weighted by molar-refractivity contribution is 0.214. The molecule has 0 aromatic heterocycles. The van der Waals surface area contributed by atoms with Crippen LogP contribution >= 0.6 is 0 Å². The minimum Gasteiger partial charge on any atom is -0.400 e. The first-order valence-corrected chi connectivity index (χ1v) is 3.39. The van der Waals surface area contributed by atoms with Crippen molar-refractivity contribution in [2.45, 2.75) is 6.10 Å². The van der Waals surface area contributed by atoms with Crippen molar-refractivity contribution in [2.24, 2.45) is 5.73 Å². The Balaban J connectivity index is 2.85. The molecule has 1 rings (SSSR count). The fourth-order valence-electron chi connectivity index (χ4n) is 0.849. The molecule has 3 N–H and O–H groups in total. The maximum absolute atomic E-state index is 9.37. The molecule has 0 fully saturated rings. The maximum atomic E-state index is 9.37. The molecule has 0 saturated carbocycles. The third-order valence-corrected chi connectivity index (χ3v) is 1.47. The Hall–Kier alpha value is -1.28. The number of aliphatic hydroxyl groups excluding tert-OH is 1. The Bertz CT molecular complexity index is 243. The summed E-state index contributed by atoms with van der Waals surface area (Å²) in [6.07, 6.45) is -0.740. The van der Waals surface area contributed by atoms with Gasteiger partial charge in [0.25, 0.3) is 0 Å². The summed E-state index contributed by atoms with van der Waals surface area (Å²) in [6, 6.07) is 9.20. The molecule has 2 nitrogen and oxygen atoms in total. The average Bonchev–Trinajstić information content (AvgIpc) is 2.05. The summed E-state index contributed by atoms with van der Waals surface area (Å²) in [5.74, 6) is 0. The van der Waals surface area contributed by atoms with Crippen LogP contribution in [0, 0.1) is 0 Å². The third kappa shape index (κ3) is 1.82. The van der Waals surface area contributed by atoms with Crippen LogP contribution in [0.4, 0.5) is 0 Å². The van der Waals surface area contributed by atoms with E-state index in [4.69, 9.17) is 5.73 Å². The van der Waals surface area contributed by atoms with E-state index in [2.05, 4.69) is 6.58 Å². The van der Waals surface area contributed by atoms with E-state index in [-0.39, 0.29) is 5.70 Å². The van der Waals surface area contributed by atoms with Crippen LogP contribution in [0.2, 0.25) is 0 Å². The Morgan fingerprint density at radius 1 is 1.36 bits per heavy atom. The molecule has 0 bridgehead atoms. The van der Waals surface area contributed by atoms with E-state index in [1.54, 1.807) is 0 Å². The number of rotatable bonds is 2. The Morgan fingerprint density at radius 3 is 2.36 bits per heavy atom. The molecule has 58 valence electrons. The molecular formula is C9H11NO. The Morgan fingerprint density at radius 2 is 1.91 bits per heavy atom. The first-order valence-electron chi connectivity index (χ1n) is 3.39. The van der Waals surface area contributed by atoms with Gasteiger partial charge >= 0.3 is 0 Å². The Labute approximate surface area is 66.0 Å². The van der Waals surface area contributed by atoms with Crippen molar-refractivity contribution in [3.8, 4) is 0 Å². The molecule has 0 aliphatic rings. The van der Waals surface area contributed by atoms with Gasteiger partial charge in [0, 0.05) is 5.70 Å². The molecule has 0 aliphatic carbocycles. The smallest absolute Gasteiger partial charge is 0.118 e. The van der Waals surface area contributed by atoms with Crippen LogP contribution in [0.3, 0.4) is 0 Å². The van der Waals surface area contributed by atoms with Crippen molar-refractivity contribution in [2.75, 3.05) is 0 Å². The predicted octanol–water partition coefficient (Wildman–Crippen LogP) is 1.19. The third-order valence-electron chi connectivity index (χ3n) is 1.47. The molecule has 2 heteroatoms. The number of hydrogen-bond donors (Lipinski definition) is 2. The standard InChI is InChI=1S/C9H11NO/c1-7(10)9(11)8-5-3-2-4-6-8/h2-6,9,11H,1,10H2/t9-/m1/s1. The first-order chi connectivity index (χ1) is 5.22. The highest BCUT2D eigenvalue weighted by Gasteiger charge is 2.06.